The number of amides is 1. The zero-order chi connectivity index (χ0) is 16.1. The van der Waals surface area contributed by atoms with Crippen molar-refractivity contribution in [2.24, 2.45) is 0 Å². The summed E-state index contributed by atoms with van der Waals surface area (Å²) in [6.45, 7) is 0. The lowest BCUT2D eigenvalue weighted by Crippen LogP contribution is -2.48. The minimum Gasteiger partial charge on any atom is -0.616 e. The highest BCUT2D eigenvalue weighted by atomic mass is 32.2. The minimum absolute atomic E-state index is 0.00825. The Kier molecular flexibility index (Phi) is 5.36. The Balaban J connectivity index is 1.67. The predicted octanol–water partition coefficient (Wildman–Crippen LogP) is 3.35. The highest BCUT2D eigenvalue weighted by Crippen LogP contribution is 2.31. The van der Waals surface area contributed by atoms with Gasteiger partial charge in [-0.05, 0) is 17.6 Å². The third-order valence-electron chi connectivity index (χ3n) is 4.21. The number of rotatable bonds is 7. The largest absolute Gasteiger partial charge is 0.616 e. The topological polar surface area (TPSA) is 52.2 Å². The molecule has 1 amide bonds. The molecule has 1 aliphatic rings. The summed E-state index contributed by atoms with van der Waals surface area (Å²) in [5.74, 6) is 0.689. The number of carbonyl (C=O) groups excluding carboxylic acids is 1. The summed E-state index contributed by atoms with van der Waals surface area (Å²) in [6, 6.07) is 20.3. The van der Waals surface area contributed by atoms with Crippen LogP contribution in [0.4, 0.5) is 0 Å². The molecular weight excluding hydrogens is 306 g/mol. The van der Waals surface area contributed by atoms with Crippen LogP contribution in [0.1, 0.15) is 35.6 Å². The standard InChI is InChI=1S/C19H21NO2S/c21-19-13-17(20-19)11-12-18(16-9-5-2-6-10-16)23(22)14-15-7-3-1-4-8-15/h1-10,17-18H,11-14H2,(H,20,21). The second-order valence-electron chi connectivity index (χ2n) is 5.96. The Bertz CT molecular complexity index is 624. The van der Waals surface area contributed by atoms with Crippen LogP contribution in [0.3, 0.4) is 0 Å². The Labute approximate surface area is 140 Å². The van der Waals surface area contributed by atoms with Gasteiger partial charge in [-0.3, -0.25) is 4.79 Å². The molecule has 2 aromatic carbocycles. The van der Waals surface area contributed by atoms with Crippen LogP contribution in [0, 0.1) is 0 Å². The molecule has 2 aromatic rings. The van der Waals surface area contributed by atoms with E-state index in [0.29, 0.717) is 12.2 Å². The molecule has 120 valence electrons. The van der Waals surface area contributed by atoms with Gasteiger partial charge < -0.3 is 9.87 Å². The van der Waals surface area contributed by atoms with E-state index in [1.807, 2.05) is 60.7 Å². The van der Waals surface area contributed by atoms with Crippen LogP contribution in [-0.2, 0) is 21.7 Å². The quantitative estimate of drug-likeness (QED) is 0.626. The average molecular weight is 327 g/mol. The normalized spacial score (nSPS) is 19.5. The van der Waals surface area contributed by atoms with E-state index in [1.165, 1.54) is 0 Å². The highest BCUT2D eigenvalue weighted by Gasteiger charge is 2.30. The second-order valence-corrected chi connectivity index (χ2v) is 7.58. The Morgan fingerprint density at radius 2 is 1.70 bits per heavy atom. The summed E-state index contributed by atoms with van der Waals surface area (Å²) in [6.07, 6.45) is 2.31. The summed E-state index contributed by atoms with van der Waals surface area (Å²) >= 11 is -0.976. The van der Waals surface area contributed by atoms with Gasteiger partial charge in [0.1, 0.15) is 11.0 Å². The van der Waals surface area contributed by atoms with Crippen molar-refractivity contribution in [3.63, 3.8) is 0 Å². The van der Waals surface area contributed by atoms with Crippen LogP contribution in [0.15, 0.2) is 60.7 Å². The van der Waals surface area contributed by atoms with Crippen LogP contribution in [0.2, 0.25) is 0 Å². The number of hydrogen-bond acceptors (Lipinski definition) is 2. The third-order valence-corrected chi connectivity index (χ3v) is 5.98. The summed E-state index contributed by atoms with van der Waals surface area (Å²) in [5.41, 5.74) is 2.22. The Morgan fingerprint density at radius 3 is 2.30 bits per heavy atom. The van der Waals surface area contributed by atoms with Crippen LogP contribution in [-0.4, -0.2) is 16.5 Å². The Morgan fingerprint density at radius 1 is 1.09 bits per heavy atom. The van der Waals surface area contributed by atoms with E-state index in [9.17, 15) is 9.35 Å². The average Bonchev–Trinajstić information content (AvgIpc) is 2.55. The molecule has 23 heavy (non-hydrogen) atoms. The van der Waals surface area contributed by atoms with E-state index in [-0.39, 0.29) is 17.2 Å². The third kappa shape index (κ3) is 4.36. The van der Waals surface area contributed by atoms with Gasteiger partial charge in [0.05, 0.1) is 0 Å². The minimum atomic E-state index is -0.976. The molecule has 3 unspecified atom stereocenters. The van der Waals surface area contributed by atoms with Gasteiger partial charge >= 0.3 is 0 Å². The van der Waals surface area contributed by atoms with Crippen LogP contribution < -0.4 is 5.32 Å². The van der Waals surface area contributed by atoms with E-state index in [2.05, 4.69) is 5.32 Å². The van der Waals surface area contributed by atoms with Gasteiger partial charge in [-0.1, -0.05) is 60.7 Å². The van der Waals surface area contributed by atoms with E-state index < -0.39 is 11.2 Å². The molecule has 0 aliphatic carbocycles. The monoisotopic (exact) mass is 327 g/mol. The summed E-state index contributed by atoms with van der Waals surface area (Å²) in [4.78, 5) is 11.0. The molecule has 1 fully saturated rings. The number of nitrogens with one attached hydrogen (secondary N) is 1. The molecule has 0 saturated carbocycles. The molecule has 0 radical (unpaired) electrons. The zero-order valence-corrected chi connectivity index (χ0v) is 13.8. The number of hydrogen-bond donors (Lipinski definition) is 1. The van der Waals surface area contributed by atoms with Gasteiger partial charge in [-0.15, -0.1) is 0 Å². The SMILES string of the molecule is O=C1CC(CCC(c2ccccc2)[S+]([O-])Cc2ccccc2)N1. The van der Waals surface area contributed by atoms with Gasteiger partial charge in [0, 0.05) is 30.0 Å². The van der Waals surface area contributed by atoms with Crippen molar-refractivity contribution in [3.8, 4) is 0 Å². The Hall–Kier alpha value is -1.78. The zero-order valence-electron chi connectivity index (χ0n) is 13.0. The van der Waals surface area contributed by atoms with Crippen molar-refractivity contribution < 1.29 is 9.35 Å². The van der Waals surface area contributed by atoms with E-state index >= 15 is 0 Å². The first kappa shape index (κ1) is 16.1. The van der Waals surface area contributed by atoms with Crippen molar-refractivity contribution in [2.75, 3.05) is 0 Å². The van der Waals surface area contributed by atoms with Crippen molar-refractivity contribution in [1.29, 1.82) is 0 Å². The van der Waals surface area contributed by atoms with E-state index in [1.54, 1.807) is 0 Å². The van der Waals surface area contributed by atoms with Crippen LogP contribution in [0.25, 0.3) is 0 Å². The molecule has 1 saturated heterocycles. The fourth-order valence-corrected chi connectivity index (χ4v) is 4.50. The van der Waals surface area contributed by atoms with Crippen molar-refractivity contribution in [3.05, 3.63) is 71.8 Å². The lowest BCUT2D eigenvalue weighted by molar-refractivity contribution is -0.128. The molecular formula is C19H21NO2S. The lowest BCUT2D eigenvalue weighted by atomic mass is 9.97. The van der Waals surface area contributed by atoms with Gasteiger partial charge in [-0.25, -0.2) is 0 Å². The molecule has 0 bridgehead atoms. The van der Waals surface area contributed by atoms with Crippen LogP contribution >= 0.6 is 0 Å². The van der Waals surface area contributed by atoms with E-state index in [0.717, 1.165) is 24.0 Å². The molecule has 3 nitrogen and oxygen atoms in total. The molecule has 1 N–H and O–H groups in total. The van der Waals surface area contributed by atoms with Gasteiger partial charge in [-0.2, -0.15) is 0 Å². The molecule has 1 aliphatic heterocycles. The number of benzene rings is 2. The highest BCUT2D eigenvalue weighted by molar-refractivity contribution is 7.90. The van der Waals surface area contributed by atoms with Gasteiger partial charge in [0.25, 0.3) is 0 Å². The second kappa shape index (κ2) is 7.66. The maximum absolute atomic E-state index is 12.9. The maximum atomic E-state index is 12.9. The van der Waals surface area contributed by atoms with Crippen LogP contribution in [0.5, 0.6) is 0 Å². The molecule has 0 aromatic heterocycles. The first-order valence-electron chi connectivity index (χ1n) is 7.98. The molecule has 1 heterocycles. The van der Waals surface area contributed by atoms with Gasteiger partial charge in [0.15, 0.2) is 0 Å². The maximum Gasteiger partial charge on any atom is 0.222 e. The first-order valence-corrected chi connectivity index (χ1v) is 9.36. The smallest absolute Gasteiger partial charge is 0.222 e. The fourth-order valence-electron chi connectivity index (χ4n) is 2.91. The van der Waals surface area contributed by atoms with Crippen molar-refractivity contribution in [2.45, 2.75) is 36.3 Å². The molecule has 3 rings (SSSR count). The van der Waals surface area contributed by atoms with Crippen molar-refractivity contribution >= 4 is 17.1 Å². The summed E-state index contributed by atoms with van der Waals surface area (Å²) < 4.78 is 12.9. The lowest BCUT2D eigenvalue weighted by Gasteiger charge is -2.29. The summed E-state index contributed by atoms with van der Waals surface area (Å²) in [7, 11) is 0. The molecule has 0 spiro atoms. The van der Waals surface area contributed by atoms with Gasteiger partial charge in [0.2, 0.25) is 5.91 Å². The summed E-state index contributed by atoms with van der Waals surface area (Å²) in [5, 5.41) is 2.91. The first-order chi connectivity index (χ1) is 11.2. The predicted molar refractivity (Wildman–Crippen MR) is 93.3 cm³/mol. The number of β-lactam (4-membered cyclic amide) rings is 1. The number of carbonyl (C=O) groups is 1. The van der Waals surface area contributed by atoms with E-state index in [4.69, 9.17) is 0 Å². The fraction of sp³-hybridized carbons (Fsp3) is 0.316. The molecule has 3 atom stereocenters. The molecule has 4 heteroatoms. The van der Waals surface area contributed by atoms with Crippen molar-refractivity contribution in [1.82, 2.24) is 5.32 Å².